The molecule has 3 aliphatic rings. The highest BCUT2D eigenvalue weighted by Crippen LogP contribution is 2.41. The van der Waals surface area contributed by atoms with Gasteiger partial charge in [0.2, 0.25) is 5.91 Å². The first kappa shape index (κ1) is 22.6. The molecule has 31 heavy (non-hydrogen) atoms. The minimum absolute atomic E-state index is 0.0222. The van der Waals surface area contributed by atoms with E-state index >= 15 is 0 Å². The number of benzene rings is 1. The van der Waals surface area contributed by atoms with Crippen molar-refractivity contribution in [2.75, 3.05) is 45.1 Å². The lowest BCUT2D eigenvalue weighted by molar-refractivity contribution is -0.125. The first-order chi connectivity index (χ1) is 15.1. The number of hydrogen-bond donors (Lipinski definition) is 1. The van der Waals surface area contributed by atoms with E-state index in [0.29, 0.717) is 23.8 Å². The molecular weight excluding hydrogens is 417 g/mol. The fourth-order valence-electron chi connectivity index (χ4n) is 4.82. The van der Waals surface area contributed by atoms with Crippen molar-refractivity contribution in [2.24, 2.45) is 5.92 Å². The summed E-state index contributed by atoms with van der Waals surface area (Å²) in [4.78, 5) is 30.5. The molecule has 170 valence electrons. The molecule has 0 aromatic heterocycles. The van der Waals surface area contributed by atoms with Crippen LogP contribution in [0.15, 0.2) is 24.3 Å². The Hall–Kier alpha value is -1.64. The molecule has 2 heterocycles. The van der Waals surface area contributed by atoms with Crippen LogP contribution in [0.1, 0.15) is 42.5 Å². The minimum atomic E-state index is -0.516. The topological polar surface area (TPSA) is 61.9 Å². The molecule has 2 amide bonds. The third-order valence-electron chi connectivity index (χ3n) is 6.53. The van der Waals surface area contributed by atoms with Gasteiger partial charge < -0.3 is 15.0 Å². The number of carbonyl (C=O) groups excluding carboxylic acids is 2. The zero-order valence-electron chi connectivity index (χ0n) is 17.9. The maximum absolute atomic E-state index is 13.8. The van der Waals surface area contributed by atoms with E-state index in [1.54, 1.807) is 28.8 Å². The molecule has 1 N–H and O–H groups in total. The van der Waals surface area contributed by atoms with Crippen molar-refractivity contribution in [1.29, 1.82) is 0 Å². The van der Waals surface area contributed by atoms with E-state index < -0.39 is 11.9 Å². The Morgan fingerprint density at radius 3 is 2.68 bits per heavy atom. The molecule has 0 bridgehead atoms. The van der Waals surface area contributed by atoms with Gasteiger partial charge in [0.15, 0.2) is 0 Å². The zero-order chi connectivity index (χ0) is 21.6. The number of nitrogens with one attached hydrogen (secondary N) is 1. The van der Waals surface area contributed by atoms with Crippen molar-refractivity contribution in [3.63, 3.8) is 0 Å². The Bertz CT molecular complexity index is 768. The number of ether oxygens (including phenoxy) is 1. The highest BCUT2D eigenvalue weighted by molar-refractivity contribution is 8.00. The van der Waals surface area contributed by atoms with E-state index in [-0.39, 0.29) is 17.2 Å². The van der Waals surface area contributed by atoms with E-state index in [4.69, 9.17) is 4.74 Å². The summed E-state index contributed by atoms with van der Waals surface area (Å²) < 4.78 is 19.2. The van der Waals surface area contributed by atoms with Crippen LogP contribution in [-0.2, 0) is 9.53 Å². The highest BCUT2D eigenvalue weighted by atomic mass is 32.2. The van der Waals surface area contributed by atoms with Gasteiger partial charge >= 0.3 is 0 Å². The summed E-state index contributed by atoms with van der Waals surface area (Å²) in [6.45, 7) is 4.54. The van der Waals surface area contributed by atoms with Crippen molar-refractivity contribution in [3.05, 3.63) is 35.6 Å². The van der Waals surface area contributed by atoms with Crippen molar-refractivity contribution in [3.8, 4) is 0 Å². The average molecular weight is 450 g/mol. The Labute approximate surface area is 187 Å². The Morgan fingerprint density at radius 1 is 1.16 bits per heavy atom. The number of morpholine rings is 1. The van der Waals surface area contributed by atoms with Gasteiger partial charge in [-0.15, -0.1) is 11.8 Å². The van der Waals surface area contributed by atoms with E-state index in [1.165, 1.54) is 31.4 Å². The monoisotopic (exact) mass is 449 g/mol. The fourth-order valence-corrected chi connectivity index (χ4v) is 6.46. The molecule has 2 aliphatic heterocycles. The largest absolute Gasteiger partial charge is 0.379 e. The van der Waals surface area contributed by atoms with Gasteiger partial charge in [0.05, 0.1) is 18.6 Å². The molecule has 2 saturated heterocycles. The van der Waals surface area contributed by atoms with E-state index in [9.17, 15) is 14.0 Å². The van der Waals surface area contributed by atoms with Gasteiger partial charge in [-0.05, 0) is 37.0 Å². The lowest BCUT2D eigenvalue weighted by atomic mass is 9.88. The molecule has 0 unspecified atom stereocenters. The minimum Gasteiger partial charge on any atom is -0.379 e. The van der Waals surface area contributed by atoms with Crippen molar-refractivity contribution < 1.29 is 18.7 Å². The van der Waals surface area contributed by atoms with Crippen LogP contribution in [0.4, 0.5) is 4.39 Å². The normalized spacial score (nSPS) is 25.5. The highest BCUT2D eigenvalue weighted by Gasteiger charge is 2.45. The zero-order valence-corrected chi connectivity index (χ0v) is 18.7. The fraction of sp³-hybridized carbons (Fsp3) is 0.652. The summed E-state index contributed by atoms with van der Waals surface area (Å²) in [5.74, 6) is 0.198. The SMILES string of the molecule is O=C(NCCN1CCOCC1)[C@H]1CS[C@@H](C2CCCCC2)N1C(=O)c1cccc(F)c1. The van der Waals surface area contributed by atoms with Crippen LogP contribution >= 0.6 is 11.8 Å². The van der Waals surface area contributed by atoms with E-state index in [2.05, 4.69) is 10.2 Å². The molecule has 3 fully saturated rings. The predicted molar refractivity (Wildman–Crippen MR) is 119 cm³/mol. The quantitative estimate of drug-likeness (QED) is 0.724. The molecule has 6 nitrogen and oxygen atoms in total. The second-order valence-electron chi connectivity index (χ2n) is 8.61. The van der Waals surface area contributed by atoms with Crippen LogP contribution in [-0.4, -0.2) is 78.2 Å². The number of carbonyl (C=O) groups is 2. The molecular formula is C23H32FN3O3S. The van der Waals surface area contributed by atoms with Gasteiger partial charge in [-0.25, -0.2) is 4.39 Å². The summed E-state index contributed by atoms with van der Waals surface area (Å²) in [5, 5.41) is 3.02. The van der Waals surface area contributed by atoms with Crippen LogP contribution in [0.2, 0.25) is 0 Å². The first-order valence-electron chi connectivity index (χ1n) is 11.4. The Morgan fingerprint density at radius 2 is 1.94 bits per heavy atom. The van der Waals surface area contributed by atoms with Crippen LogP contribution in [0, 0.1) is 11.7 Å². The maximum Gasteiger partial charge on any atom is 0.255 e. The summed E-state index contributed by atoms with van der Waals surface area (Å²) >= 11 is 1.71. The number of thioether (sulfide) groups is 1. The third-order valence-corrected chi connectivity index (χ3v) is 7.99. The van der Waals surface area contributed by atoms with Gasteiger partial charge in [-0.2, -0.15) is 0 Å². The first-order valence-corrected chi connectivity index (χ1v) is 12.5. The van der Waals surface area contributed by atoms with Gasteiger partial charge in [0.25, 0.3) is 5.91 Å². The number of rotatable bonds is 6. The Balaban J connectivity index is 1.45. The second-order valence-corrected chi connectivity index (χ2v) is 9.76. The molecule has 2 atom stereocenters. The number of hydrogen-bond acceptors (Lipinski definition) is 5. The number of nitrogens with zero attached hydrogens (tertiary/aromatic N) is 2. The molecule has 1 aromatic rings. The van der Waals surface area contributed by atoms with Crippen molar-refractivity contribution >= 4 is 23.6 Å². The van der Waals surface area contributed by atoms with Crippen LogP contribution < -0.4 is 5.32 Å². The molecule has 1 aromatic carbocycles. The lowest BCUT2D eigenvalue weighted by Gasteiger charge is -2.35. The maximum atomic E-state index is 13.8. The second kappa shape index (κ2) is 10.8. The molecule has 1 aliphatic carbocycles. The van der Waals surface area contributed by atoms with Crippen LogP contribution in [0.3, 0.4) is 0 Å². The summed E-state index contributed by atoms with van der Waals surface area (Å²) in [7, 11) is 0. The van der Waals surface area contributed by atoms with E-state index in [1.807, 2.05) is 0 Å². The molecule has 8 heteroatoms. The van der Waals surface area contributed by atoms with Crippen LogP contribution in [0.5, 0.6) is 0 Å². The smallest absolute Gasteiger partial charge is 0.255 e. The van der Waals surface area contributed by atoms with Gasteiger partial charge in [-0.3, -0.25) is 14.5 Å². The summed E-state index contributed by atoms with van der Waals surface area (Å²) in [6.07, 6.45) is 5.73. The number of halogens is 1. The van der Waals surface area contributed by atoms with Crippen molar-refractivity contribution in [1.82, 2.24) is 15.1 Å². The van der Waals surface area contributed by atoms with Crippen LogP contribution in [0.25, 0.3) is 0 Å². The summed E-state index contributed by atoms with van der Waals surface area (Å²) in [6, 6.07) is 5.29. The molecule has 0 spiro atoms. The van der Waals surface area contributed by atoms with Crippen molar-refractivity contribution in [2.45, 2.75) is 43.5 Å². The summed E-state index contributed by atoms with van der Waals surface area (Å²) in [5.41, 5.74) is 0.314. The average Bonchev–Trinajstić information content (AvgIpc) is 3.25. The standard InChI is InChI=1S/C23H32FN3O3S/c24-19-8-4-7-18(15-19)22(29)27-20(16-31-23(27)17-5-2-1-3-6-17)21(28)25-9-10-26-11-13-30-14-12-26/h4,7-8,15,17,20,23H,1-3,5-6,9-14,16H2,(H,25,28)/t20-,23+/m1/s1. The van der Waals surface area contributed by atoms with E-state index in [0.717, 1.165) is 45.7 Å². The Kier molecular flexibility index (Phi) is 7.85. The van der Waals surface area contributed by atoms with Gasteiger partial charge in [0.1, 0.15) is 11.9 Å². The molecule has 1 saturated carbocycles. The number of amides is 2. The predicted octanol–water partition coefficient (Wildman–Crippen LogP) is 2.74. The lowest BCUT2D eigenvalue weighted by Crippen LogP contribution is -2.52. The molecule has 4 rings (SSSR count). The van der Waals surface area contributed by atoms with Gasteiger partial charge in [-0.1, -0.05) is 25.3 Å². The van der Waals surface area contributed by atoms with Gasteiger partial charge in [0, 0.05) is 37.5 Å². The third kappa shape index (κ3) is 5.59. The molecule has 0 radical (unpaired) electrons.